The molecule has 0 amide bonds. The zero-order valence-corrected chi connectivity index (χ0v) is 13.4. The number of rotatable bonds is 7. The fourth-order valence-corrected chi connectivity index (χ4v) is 1.97. The Kier molecular flexibility index (Phi) is 5.73. The van der Waals surface area contributed by atoms with Crippen LogP contribution in [-0.4, -0.2) is 31.2 Å². The lowest BCUT2D eigenvalue weighted by molar-refractivity contribution is -0.385. The van der Waals surface area contributed by atoms with Crippen LogP contribution in [0.5, 0.6) is 11.5 Å². The van der Waals surface area contributed by atoms with Crippen molar-refractivity contribution < 1.29 is 23.9 Å². The number of nitro groups is 1. The van der Waals surface area contributed by atoms with E-state index in [0.717, 1.165) is 11.6 Å². The van der Waals surface area contributed by atoms with Crippen LogP contribution in [0.1, 0.15) is 15.9 Å². The first-order chi connectivity index (χ1) is 11.5. The number of esters is 1. The normalized spacial score (nSPS) is 10.1. The number of hydrogen-bond donors (Lipinski definition) is 0. The van der Waals surface area contributed by atoms with E-state index in [9.17, 15) is 14.9 Å². The van der Waals surface area contributed by atoms with Crippen molar-refractivity contribution in [2.24, 2.45) is 0 Å². The van der Waals surface area contributed by atoms with Gasteiger partial charge in [0.05, 0.1) is 17.6 Å². The van der Waals surface area contributed by atoms with Crippen LogP contribution in [-0.2, 0) is 4.74 Å². The molecule has 0 spiro atoms. The molecule has 0 aliphatic rings. The van der Waals surface area contributed by atoms with Crippen molar-refractivity contribution >= 4 is 11.7 Å². The molecule has 0 radical (unpaired) electrons. The van der Waals surface area contributed by atoms with E-state index >= 15 is 0 Å². The van der Waals surface area contributed by atoms with E-state index in [1.807, 2.05) is 31.2 Å². The van der Waals surface area contributed by atoms with E-state index < -0.39 is 10.9 Å². The smallest absolute Gasteiger partial charge is 0.338 e. The summed E-state index contributed by atoms with van der Waals surface area (Å²) in [6.45, 7) is 2.19. The lowest BCUT2D eigenvalue weighted by Gasteiger charge is -2.08. The highest BCUT2D eigenvalue weighted by molar-refractivity contribution is 5.90. The van der Waals surface area contributed by atoms with Crippen LogP contribution in [0.15, 0.2) is 42.5 Å². The summed E-state index contributed by atoms with van der Waals surface area (Å²) in [7, 11) is 1.32. The van der Waals surface area contributed by atoms with Crippen LogP contribution in [0, 0.1) is 17.0 Å². The van der Waals surface area contributed by atoms with Gasteiger partial charge in [0.1, 0.15) is 19.0 Å². The van der Waals surface area contributed by atoms with Gasteiger partial charge in [-0.05, 0) is 31.2 Å². The average Bonchev–Trinajstić information content (AvgIpc) is 2.59. The highest BCUT2D eigenvalue weighted by Gasteiger charge is 2.18. The summed E-state index contributed by atoms with van der Waals surface area (Å²) < 4.78 is 15.4. The Bertz CT molecular complexity index is 726. The lowest BCUT2D eigenvalue weighted by atomic mass is 10.2. The first kappa shape index (κ1) is 17.3. The first-order valence-corrected chi connectivity index (χ1v) is 7.20. The molecule has 0 N–H and O–H groups in total. The summed E-state index contributed by atoms with van der Waals surface area (Å²) in [6.07, 6.45) is 0. The van der Waals surface area contributed by atoms with Gasteiger partial charge in [0.15, 0.2) is 5.75 Å². The number of carbonyl (C=O) groups is 1. The van der Waals surface area contributed by atoms with Crippen molar-refractivity contribution in [1.29, 1.82) is 0 Å². The third kappa shape index (κ3) is 4.45. The van der Waals surface area contributed by atoms with Crippen LogP contribution in [0.2, 0.25) is 0 Å². The van der Waals surface area contributed by atoms with E-state index in [2.05, 4.69) is 0 Å². The molecule has 0 aromatic heterocycles. The van der Waals surface area contributed by atoms with Crippen LogP contribution in [0.3, 0.4) is 0 Å². The molecule has 0 saturated heterocycles. The molecular formula is C17H17NO6. The topological polar surface area (TPSA) is 87.9 Å². The Balaban J connectivity index is 1.89. The second kappa shape index (κ2) is 7.96. The summed E-state index contributed by atoms with van der Waals surface area (Å²) in [5, 5.41) is 11.0. The van der Waals surface area contributed by atoms with Crippen molar-refractivity contribution in [2.45, 2.75) is 6.92 Å². The number of hydrogen-bond acceptors (Lipinski definition) is 6. The summed E-state index contributed by atoms with van der Waals surface area (Å²) in [5.74, 6) is 0.101. The molecule has 0 bridgehead atoms. The number of methoxy groups -OCH3 is 1. The largest absolute Gasteiger partial charge is 0.490 e. The Labute approximate surface area is 138 Å². The Morgan fingerprint density at radius 3 is 2.46 bits per heavy atom. The summed E-state index contributed by atoms with van der Waals surface area (Å²) in [6, 6.07) is 11.4. The second-order valence-electron chi connectivity index (χ2n) is 4.94. The number of aryl methyl sites for hydroxylation is 1. The van der Waals surface area contributed by atoms with Gasteiger partial charge in [-0.25, -0.2) is 4.79 Å². The second-order valence-corrected chi connectivity index (χ2v) is 4.94. The van der Waals surface area contributed by atoms with Gasteiger partial charge in [-0.1, -0.05) is 17.7 Å². The summed E-state index contributed by atoms with van der Waals surface area (Å²) in [5.41, 5.74) is 0.913. The van der Waals surface area contributed by atoms with Gasteiger partial charge in [-0.2, -0.15) is 0 Å². The molecule has 0 atom stereocenters. The summed E-state index contributed by atoms with van der Waals surface area (Å²) in [4.78, 5) is 22.3. The highest BCUT2D eigenvalue weighted by Crippen LogP contribution is 2.27. The van der Waals surface area contributed by atoms with Crippen LogP contribution < -0.4 is 9.47 Å². The molecular weight excluding hydrogens is 314 g/mol. The van der Waals surface area contributed by atoms with Crippen molar-refractivity contribution in [2.75, 3.05) is 20.3 Å². The monoisotopic (exact) mass is 331 g/mol. The number of carbonyl (C=O) groups excluding carboxylic acids is 1. The van der Waals surface area contributed by atoms with Gasteiger partial charge in [0.25, 0.3) is 0 Å². The SMILES string of the molecule is COc1ccc(C(=O)OCCOc2ccc(C)cc2)cc1[N+](=O)[O-]. The maximum Gasteiger partial charge on any atom is 0.338 e. The third-order valence-corrected chi connectivity index (χ3v) is 3.22. The number of nitro benzene ring substituents is 1. The van der Waals surface area contributed by atoms with Crippen molar-refractivity contribution in [3.05, 3.63) is 63.7 Å². The highest BCUT2D eigenvalue weighted by atomic mass is 16.6. The fraction of sp³-hybridized carbons (Fsp3) is 0.235. The van der Waals surface area contributed by atoms with Crippen molar-refractivity contribution in [3.8, 4) is 11.5 Å². The van der Waals surface area contributed by atoms with Gasteiger partial charge in [-0.3, -0.25) is 10.1 Å². The molecule has 2 aromatic carbocycles. The molecule has 0 heterocycles. The number of benzene rings is 2. The molecule has 0 saturated carbocycles. The predicted octanol–water partition coefficient (Wildman–Crippen LogP) is 3.15. The molecule has 7 heteroatoms. The number of ether oxygens (including phenoxy) is 3. The van der Waals surface area contributed by atoms with Gasteiger partial charge < -0.3 is 14.2 Å². The molecule has 0 aliphatic carbocycles. The minimum Gasteiger partial charge on any atom is -0.490 e. The molecule has 0 aliphatic heterocycles. The van der Waals surface area contributed by atoms with Gasteiger partial charge in [0.2, 0.25) is 0 Å². The first-order valence-electron chi connectivity index (χ1n) is 7.20. The molecule has 0 unspecified atom stereocenters. The Morgan fingerprint density at radius 2 is 1.83 bits per heavy atom. The molecule has 126 valence electrons. The quantitative estimate of drug-likeness (QED) is 0.335. The van der Waals surface area contributed by atoms with Crippen LogP contribution in [0.4, 0.5) is 5.69 Å². The minimum atomic E-state index is -0.659. The Hall–Kier alpha value is -3.09. The molecule has 2 rings (SSSR count). The lowest BCUT2D eigenvalue weighted by Crippen LogP contribution is -2.12. The molecule has 7 nitrogen and oxygen atoms in total. The zero-order valence-electron chi connectivity index (χ0n) is 13.4. The van der Waals surface area contributed by atoms with Crippen LogP contribution >= 0.6 is 0 Å². The van der Waals surface area contributed by atoms with Gasteiger partial charge in [0, 0.05) is 6.07 Å². The van der Waals surface area contributed by atoms with Crippen molar-refractivity contribution in [1.82, 2.24) is 0 Å². The Morgan fingerprint density at radius 1 is 1.12 bits per heavy atom. The van der Waals surface area contributed by atoms with E-state index in [1.54, 1.807) is 0 Å². The average molecular weight is 331 g/mol. The molecule has 0 fully saturated rings. The zero-order chi connectivity index (χ0) is 17.5. The molecule has 24 heavy (non-hydrogen) atoms. The molecule has 2 aromatic rings. The van der Waals surface area contributed by atoms with E-state index in [0.29, 0.717) is 5.75 Å². The maximum absolute atomic E-state index is 11.9. The minimum absolute atomic E-state index is 0.0343. The standard InChI is InChI=1S/C17H17NO6/c1-12-3-6-14(7-4-12)23-9-10-24-17(19)13-5-8-16(22-2)15(11-13)18(20)21/h3-8,11H,9-10H2,1-2H3. The number of nitrogens with zero attached hydrogens (tertiary/aromatic N) is 1. The van der Waals surface area contributed by atoms with Crippen molar-refractivity contribution in [3.63, 3.8) is 0 Å². The fourth-order valence-electron chi connectivity index (χ4n) is 1.97. The van der Waals surface area contributed by atoms with E-state index in [-0.39, 0.29) is 30.2 Å². The van der Waals surface area contributed by atoms with Gasteiger partial charge >= 0.3 is 11.7 Å². The van der Waals surface area contributed by atoms with E-state index in [1.165, 1.54) is 19.2 Å². The van der Waals surface area contributed by atoms with Gasteiger partial charge in [-0.15, -0.1) is 0 Å². The maximum atomic E-state index is 11.9. The van der Waals surface area contributed by atoms with Crippen LogP contribution in [0.25, 0.3) is 0 Å². The van der Waals surface area contributed by atoms with E-state index in [4.69, 9.17) is 14.2 Å². The third-order valence-electron chi connectivity index (χ3n) is 3.22. The predicted molar refractivity (Wildman–Crippen MR) is 86.6 cm³/mol. The summed E-state index contributed by atoms with van der Waals surface area (Å²) >= 11 is 0.